The van der Waals surface area contributed by atoms with Gasteiger partial charge in [0.15, 0.2) is 0 Å². The fraction of sp³-hybridized carbons (Fsp3) is 0.625. The van der Waals surface area contributed by atoms with Gasteiger partial charge in [-0.15, -0.1) is 0 Å². The highest BCUT2D eigenvalue weighted by molar-refractivity contribution is 5.23. The van der Waals surface area contributed by atoms with Gasteiger partial charge in [-0.05, 0) is 56.3 Å². The number of nitrogens with one attached hydrogen (secondary N) is 1. The van der Waals surface area contributed by atoms with Crippen molar-refractivity contribution >= 4 is 0 Å². The average molecular weight is 262 g/mol. The predicted octanol–water partition coefficient (Wildman–Crippen LogP) is 2.85. The molecule has 1 unspecified atom stereocenters. The van der Waals surface area contributed by atoms with E-state index in [4.69, 9.17) is 0 Å². The molecule has 1 aromatic carbocycles. The molecule has 0 spiro atoms. The Morgan fingerprint density at radius 3 is 2.79 bits per heavy atom. The van der Waals surface area contributed by atoms with Crippen LogP contribution in [0.3, 0.4) is 0 Å². The van der Waals surface area contributed by atoms with Crippen LogP contribution in [0.15, 0.2) is 18.2 Å². The van der Waals surface area contributed by atoms with Gasteiger partial charge in [0.05, 0.1) is 0 Å². The minimum Gasteiger partial charge on any atom is -0.313 e. The second kappa shape index (κ2) is 5.59. The quantitative estimate of drug-likeness (QED) is 0.878. The van der Waals surface area contributed by atoms with Crippen molar-refractivity contribution in [1.29, 1.82) is 0 Å². The van der Waals surface area contributed by atoms with Gasteiger partial charge in [0.25, 0.3) is 0 Å². The molecule has 3 rings (SSSR count). The zero-order valence-electron chi connectivity index (χ0n) is 11.7. The summed E-state index contributed by atoms with van der Waals surface area (Å²) in [5.41, 5.74) is 1.84. The van der Waals surface area contributed by atoms with E-state index in [1.807, 2.05) is 13.0 Å². The molecule has 1 aliphatic heterocycles. The molecule has 0 aromatic heterocycles. The summed E-state index contributed by atoms with van der Waals surface area (Å²) in [5, 5.41) is 3.56. The first kappa shape index (κ1) is 13.1. The number of benzene rings is 1. The standard InChI is InChI=1S/C16H23FN2/c1-12-4-5-13(9-16(12)17)10-19(15-6-7-15)11-14-3-2-8-18-14/h4-5,9,14-15,18H,2-3,6-8,10-11H2,1H3. The highest BCUT2D eigenvalue weighted by Crippen LogP contribution is 2.29. The molecule has 0 radical (unpaired) electrons. The molecule has 1 N–H and O–H groups in total. The highest BCUT2D eigenvalue weighted by atomic mass is 19.1. The summed E-state index contributed by atoms with van der Waals surface area (Å²) < 4.78 is 13.6. The average Bonchev–Trinajstić information content (AvgIpc) is 3.12. The van der Waals surface area contributed by atoms with Gasteiger partial charge in [-0.1, -0.05) is 12.1 Å². The van der Waals surface area contributed by atoms with Crippen LogP contribution in [0.25, 0.3) is 0 Å². The molecule has 0 amide bonds. The SMILES string of the molecule is Cc1ccc(CN(CC2CCCN2)C2CC2)cc1F. The number of aryl methyl sites for hydroxylation is 1. The van der Waals surface area contributed by atoms with E-state index >= 15 is 0 Å². The van der Waals surface area contributed by atoms with Gasteiger partial charge in [0, 0.05) is 25.2 Å². The summed E-state index contributed by atoms with van der Waals surface area (Å²) in [6, 6.07) is 7.02. The third kappa shape index (κ3) is 3.34. The van der Waals surface area contributed by atoms with Gasteiger partial charge in [-0.3, -0.25) is 4.90 Å². The second-order valence-electron chi connectivity index (χ2n) is 6.04. The number of halogens is 1. The Labute approximate surface area is 115 Å². The molecule has 1 heterocycles. The minimum absolute atomic E-state index is 0.0766. The monoisotopic (exact) mass is 262 g/mol. The third-order valence-corrected chi connectivity index (χ3v) is 4.30. The normalized spacial score (nSPS) is 23.2. The second-order valence-corrected chi connectivity index (χ2v) is 6.04. The Morgan fingerprint density at radius 2 is 2.16 bits per heavy atom. The van der Waals surface area contributed by atoms with E-state index in [0.29, 0.717) is 6.04 Å². The van der Waals surface area contributed by atoms with Gasteiger partial charge in [0.2, 0.25) is 0 Å². The van der Waals surface area contributed by atoms with E-state index in [2.05, 4.69) is 16.3 Å². The summed E-state index contributed by atoms with van der Waals surface area (Å²) in [5.74, 6) is -0.0766. The largest absolute Gasteiger partial charge is 0.313 e. The van der Waals surface area contributed by atoms with Gasteiger partial charge >= 0.3 is 0 Å². The Bertz CT molecular complexity index is 436. The molecule has 2 fully saturated rings. The molecule has 2 nitrogen and oxygen atoms in total. The third-order valence-electron chi connectivity index (χ3n) is 4.30. The fourth-order valence-corrected chi connectivity index (χ4v) is 2.95. The topological polar surface area (TPSA) is 15.3 Å². The van der Waals surface area contributed by atoms with Crippen molar-refractivity contribution in [2.45, 2.75) is 51.2 Å². The summed E-state index contributed by atoms with van der Waals surface area (Å²) in [6.45, 7) is 4.97. The van der Waals surface area contributed by atoms with Gasteiger partial charge < -0.3 is 5.32 Å². The maximum absolute atomic E-state index is 13.6. The first-order valence-electron chi connectivity index (χ1n) is 7.45. The lowest BCUT2D eigenvalue weighted by Crippen LogP contribution is -2.38. The lowest BCUT2D eigenvalue weighted by atomic mass is 10.1. The van der Waals surface area contributed by atoms with Crippen molar-refractivity contribution in [3.63, 3.8) is 0 Å². The van der Waals surface area contributed by atoms with E-state index in [1.165, 1.54) is 25.7 Å². The Balaban J connectivity index is 1.64. The van der Waals surface area contributed by atoms with E-state index < -0.39 is 0 Å². The van der Waals surface area contributed by atoms with Crippen LogP contribution in [0.1, 0.15) is 36.8 Å². The summed E-state index contributed by atoms with van der Waals surface area (Å²) in [6.07, 6.45) is 5.19. The van der Waals surface area contributed by atoms with Crippen molar-refractivity contribution < 1.29 is 4.39 Å². The van der Waals surface area contributed by atoms with Gasteiger partial charge in [0.1, 0.15) is 5.82 Å². The lowest BCUT2D eigenvalue weighted by Gasteiger charge is -2.25. The summed E-state index contributed by atoms with van der Waals surface area (Å²) in [7, 11) is 0. The smallest absolute Gasteiger partial charge is 0.126 e. The maximum atomic E-state index is 13.6. The van der Waals surface area contributed by atoms with Crippen LogP contribution in [0.2, 0.25) is 0 Å². The van der Waals surface area contributed by atoms with Crippen LogP contribution in [0.4, 0.5) is 4.39 Å². The Morgan fingerprint density at radius 1 is 1.32 bits per heavy atom. The Kier molecular flexibility index (Phi) is 3.85. The molecule has 1 aliphatic carbocycles. The summed E-state index contributed by atoms with van der Waals surface area (Å²) >= 11 is 0. The van der Waals surface area contributed by atoms with Crippen LogP contribution in [0.5, 0.6) is 0 Å². The highest BCUT2D eigenvalue weighted by Gasteiger charge is 2.31. The van der Waals surface area contributed by atoms with Crippen molar-refractivity contribution in [2.24, 2.45) is 0 Å². The number of hydrogen-bond donors (Lipinski definition) is 1. The number of nitrogens with zero attached hydrogens (tertiary/aromatic N) is 1. The molecule has 1 atom stereocenters. The zero-order valence-corrected chi connectivity index (χ0v) is 11.7. The lowest BCUT2D eigenvalue weighted by molar-refractivity contribution is 0.231. The van der Waals surface area contributed by atoms with E-state index in [9.17, 15) is 4.39 Å². The molecule has 19 heavy (non-hydrogen) atoms. The molecule has 2 aliphatic rings. The minimum atomic E-state index is -0.0766. The first-order valence-corrected chi connectivity index (χ1v) is 7.45. The predicted molar refractivity (Wildman–Crippen MR) is 75.6 cm³/mol. The molecular weight excluding hydrogens is 239 g/mol. The van der Waals surface area contributed by atoms with Gasteiger partial charge in [-0.2, -0.15) is 0 Å². The van der Waals surface area contributed by atoms with Crippen molar-refractivity contribution in [3.05, 3.63) is 35.1 Å². The van der Waals surface area contributed by atoms with Crippen LogP contribution in [-0.4, -0.2) is 30.1 Å². The van der Waals surface area contributed by atoms with E-state index in [-0.39, 0.29) is 5.82 Å². The van der Waals surface area contributed by atoms with E-state index in [1.54, 1.807) is 6.07 Å². The fourth-order valence-electron chi connectivity index (χ4n) is 2.95. The molecule has 104 valence electrons. The van der Waals surface area contributed by atoms with Crippen molar-refractivity contribution in [3.8, 4) is 0 Å². The molecular formula is C16H23FN2. The van der Waals surface area contributed by atoms with Crippen LogP contribution in [-0.2, 0) is 6.54 Å². The maximum Gasteiger partial charge on any atom is 0.126 e. The Hall–Kier alpha value is -0.930. The van der Waals surface area contributed by atoms with Crippen LogP contribution >= 0.6 is 0 Å². The first-order chi connectivity index (χ1) is 9.22. The summed E-state index contributed by atoms with van der Waals surface area (Å²) in [4.78, 5) is 2.53. The molecule has 1 saturated carbocycles. The molecule has 1 saturated heterocycles. The van der Waals surface area contributed by atoms with Crippen molar-refractivity contribution in [1.82, 2.24) is 10.2 Å². The van der Waals surface area contributed by atoms with Crippen LogP contribution in [0, 0.1) is 12.7 Å². The molecule has 3 heteroatoms. The number of rotatable bonds is 5. The van der Waals surface area contributed by atoms with Crippen LogP contribution < -0.4 is 5.32 Å². The number of hydrogen-bond acceptors (Lipinski definition) is 2. The van der Waals surface area contributed by atoms with E-state index in [0.717, 1.165) is 36.8 Å². The molecule has 1 aromatic rings. The van der Waals surface area contributed by atoms with Crippen molar-refractivity contribution in [2.75, 3.05) is 13.1 Å². The van der Waals surface area contributed by atoms with Gasteiger partial charge in [-0.25, -0.2) is 4.39 Å². The molecule has 0 bridgehead atoms. The zero-order chi connectivity index (χ0) is 13.2.